The molecule has 1 aromatic carbocycles. The summed E-state index contributed by atoms with van der Waals surface area (Å²) in [6, 6.07) is 6.61. The van der Waals surface area contributed by atoms with Gasteiger partial charge in [0.15, 0.2) is 0 Å². The van der Waals surface area contributed by atoms with Gasteiger partial charge in [0.05, 0.1) is 0 Å². The summed E-state index contributed by atoms with van der Waals surface area (Å²) < 4.78 is 0. The molecule has 1 aliphatic rings. The normalized spacial score (nSPS) is 14.1. The molecule has 0 spiro atoms. The minimum atomic E-state index is 1.08. The van der Waals surface area contributed by atoms with Crippen molar-refractivity contribution in [1.82, 2.24) is 4.90 Å². The highest BCUT2D eigenvalue weighted by Gasteiger charge is 2.15. The number of anilines is 1. The molecule has 0 aliphatic carbocycles. The van der Waals surface area contributed by atoms with E-state index in [1.165, 1.54) is 29.4 Å². The molecule has 1 aliphatic heterocycles. The standard InChI is InChI=1S/C15H21N3.C2H6/c1-17(2)14(8-9-16)13-6-7-15-12(11-13)5-4-10-18(15)3;1-2/h6-9,11,16H,4-5,10H2,1-3H3;1-2H3/b14-8-,16-9?;. The highest BCUT2D eigenvalue weighted by atomic mass is 15.1. The Balaban J connectivity index is 0.000000956. The van der Waals surface area contributed by atoms with Crippen LogP contribution < -0.4 is 4.90 Å². The third kappa shape index (κ3) is 3.62. The average molecular weight is 273 g/mol. The van der Waals surface area contributed by atoms with Crippen LogP contribution in [0.4, 0.5) is 5.69 Å². The van der Waals surface area contributed by atoms with Gasteiger partial charge in [-0.2, -0.15) is 0 Å². The molecule has 0 amide bonds. The van der Waals surface area contributed by atoms with E-state index in [-0.39, 0.29) is 0 Å². The van der Waals surface area contributed by atoms with Crippen molar-refractivity contribution in [3.05, 3.63) is 35.4 Å². The van der Waals surface area contributed by atoms with Gasteiger partial charge in [0, 0.05) is 45.3 Å². The zero-order valence-electron chi connectivity index (χ0n) is 13.4. The Labute approximate surface area is 123 Å². The first kappa shape index (κ1) is 16.3. The molecular weight excluding hydrogens is 246 g/mol. The molecule has 3 nitrogen and oxygen atoms in total. The molecule has 0 fully saturated rings. The van der Waals surface area contributed by atoms with Crippen LogP contribution in [0.15, 0.2) is 24.3 Å². The molecule has 0 aromatic heterocycles. The quantitative estimate of drug-likeness (QED) is 0.852. The van der Waals surface area contributed by atoms with Crippen molar-refractivity contribution in [2.45, 2.75) is 26.7 Å². The second-order valence-corrected chi connectivity index (χ2v) is 4.98. The van der Waals surface area contributed by atoms with E-state index in [2.05, 4.69) is 35.0 Å². The van der Waals surface area contributed by atoms with Crippen LogP contribution in [0.5, 0.6) is 0 Å². The maximum atomic E-state index is 7.26. The lowest BCUT2D eigenvalue weighted by atomic mass is 9.98. The maximum absolute atomic E-state index is 7.26. The Kier molecular flexibility index (Phi) is 6.29. The lowest BCUT2D eigenvalue weighted by Gasteiger charge is -2.28. The van der Waals surface area contributed by atoms with E-state index in [1.54, 1.807) is 0 Å². The van der Waals surface area contributed by atoms with Gasteiger partial charge in [-0.1, -0.05) is 19.9 Å². The van der Waals surface area contributed by atoms with E-state index in [4.69, 9.17) is 5.41 Å². The fourth-order valence-electron chi connectivity index (χ4n) is 2.53. The molecule has 0 bridgehead atoms. The zero-order valence-corrected chi connectivity index (χ0v) is 13.4. The monoisotopic (exact) mass is 273 g/mol. The maximum Gasteiger partial charge on any atom is 0.0449 e. The molecular formula is C17H27N3. The van der Waals surface area contributed by atoms with Gasteiger partial charge in [-0.25, -0.2) is 0 Å². The first-order valence-corrected chi connectivity index (χ1v) is 7.36. The van der Waals surface area contributed by atoms with Crippen LogP contribution in [-0.2, 0) is 6.42 Å². The lowest BCUT2D eigenvalue weighted by Crippen LogP contribution is -2.24. The molecule has 1 heterocycles. The van der Waals surface area contributed by atoms with Crippen molar-refractivity contribution in [2.24, 2.45) is 0 Å². The van der Waals surface area contributed by atoms with Gasteiger partial charge in [0.1, 0.15) is 0 Å². The number of nitrogens with one attached hydrogen (secondary N) is 1. The number of nitrogens with zero attached hydrogens (tertiary/aromatic N) is 2. The number of benzene rings is 1. The van der Waals surface area contributed by atoms with Crippen molar-refractivity contribution in [1.29, 1.82) is 5.41 Å². The second kappa shape index (κ2) is 7.73. The number of fused-ring (bicyclic) bond motifs is 1. The minimum Gasteiger partial charge on any atom is -0.377 e. The van der Waals surface area contributed by atoms with Gasteiger partial charge < -0.3 is 15.2 Å². The molecule has 0 atom stereocenters. The first-order valence-electron chi connectivity index (χ1n) is 7.36. The van der Waals surface area contributed by atoms with E-state index in [0.717, 1.165) is 18.7 Å². The summed E-state index contributed by atoms with van der Waals surface area (Å²) in [6.45, 7) is 5.14. The zero-order chi connectivity index (χ0) is 15.1. The summed E-state index contributed by atoms with van der Waals surface area (Å²) in [5, 5.41) is 7.26. The third-order valence-electron chi connectivity index (χ3n) is 3.45. The predicted octanol–water partition coefficient (Wildman–Crippen LogP) is 3.65. The molecule has 1 N–H and O–H groups in total. The fourth-order valence-corrected chi connectivity index (χ4v) is 2.53. The van der Waals surface area contributed by atoms with E-state index in [9.17, 15) is 0 Å². The van der Waals surface area contributed by atoms with Crippen LogP contribution in [0.25, 0.3) is 5.70 Å². The van der Waals surface area contributed by atoms with Gasteiger partial charge in [-0.15, -0.1) is 0 Å². The number of aryl methyl sites for hydroxylation is 1. The van der Waals surface area contributed by atoms with Gasteiger partial charge >= 0.3 is 0 Å². The summed E-state index contributed by atoms with van der Waals surface area (Å²) in [5.74, 6) is 0. The van der Waals surface area contributed by atoms with Crippen LogP contribution >= 0.6 is 0 Å². The average Bonchev–Trinajstić information content (AvgIpc) is 2.46. The van der Waals surface area contributed by atoms with Gasteiger partial charge in [-0.3, -0.25) is 0 Å². The molecule has 110 valence electrons. The van der Waals surface area contributed by atoms with Crippen LogP contribution in [-0.4, -0.2) is 38.8 Å². The Hall–Kier alpha value is -1.77. The molecule has 0 unspecified atom stereocenters. The molecule has 0 saturated carbocycles. The third-order valence-corrected chi connectivity index (χ3v) is 3.45. The molecule has 2 rings (SSSR count). The van der Waals surface area contributed by atoms with Crippen LogP contribution in [0.1, 0.15) is 31.4 Å². The number of hydrogen-bond acceptors (Lipinski definition) is 3. The largest absolute Gasteiger partial charge is 0.377 e. The minimum absolute atomic E-state index is 1.08. The van der Waals surface area contributed by atoms with Crippen LogP contribution in [0.2, 0.25) is 0 Å². The first-order chi connectivity index (χ1) is 9.63. The molecule has 20 heavy (non-hydrogen) atoms. The topological polar surface area (TPSA) is 30.3 Å². The van der Waals surface area contributed by atoms with Crippen LogP contribution in [0, 0.1) is 5.41 Å². The Morgan fingerprint density at radius 2 is 2.00 bits per heavy atom. The summed E-state index contributed by atoms with van der Waals surface area (Å²) >= 11 is 0. The lowest BCUT2D eigenvalue weighted by molar-refractivity contribution is 0.592. The van der Waals surface area contributed by atoms with Crippen molar-refractivity contribution >= 4 is 17.6 Å². The molecule has 1 aromatic rings. The van der Waals surface area contributed by atoms with Crippen LogP contribution in [0.3, 0.4) is 0 Å². The highest BCUT2D eigenvalue weighted by Crippen LogP contribution is 2.29. The van der Waals surface area contributed by atoms with Crippen molar-refractivity contribution in [3.8, 4) is 0 Å². The Bertz CT molecular complexity index is 475. The van der Waals surface area contributed by atoms with E-state index >= 15 is 0 Å². The summed E-state index contributed by atoms with van der Waals surface area (Å²) in [7, 11) is 6.18. The summed E-state index contributed by atoms with van der Waals surface area (Å²) in [6.07, 6.45) is 5.56. The van der Waals surface area contributed by atoms with Crippen molar-refractivity contribution in [2.75, 3.05) is 32.6 Å². The number of hydrogen-bond donors (Lipinski definition) is 1. The van der Waals surface area contributed by atoms with Gasteiger partial charge in [0.25, 0.3) is 0 Å². The smallest absolute Gasteiger partial charge is 0.0449 e. The summed E-state index contributed by atoms with van der Waals surface area (Å²) in [5.41, 5.74) is 5.04. The van der Waals surface area contributed by atoms with E-state index in [0.29, 0.717) is 0 Å². The van der Waals surface area contributed by atoms with E-state index < -0.39 is 0 Å². The number of rotatable bonds is 3. The highest BCUT2D eigenvalue weighted by molar-refractivity contribution is 5.82. The van der Waals surface area contributed by atoms with Crippen molar-refractivity contribution < 1.29 is 0 Å². The SMILES string of the molecule is CC.CN(C)/C(=C\C=N)c1ccc2c(c1)CCCN2C. The molecule has 0 radical (unpaired) electrons. The van der Waals surface area contributed by atoms with Gasteiger partial charge in [-0.05, 0) is 42.2 Å². The fraction of sp³-hybridized carbons (Fsp3) is 0.471. The summed E-state index contributed by atoms with van der Waals surface area (Å²) in [4.78, 5) is 4.37. The Morgan fingerprint density at radius 1 is 1.30 bits per heavy atom. The Morgan fingerprint density at radius 3 is 2.60 bits per heavy atom. The second-order valence-electron chi connectivity index (χ2n) is 4.98. The molecule has 3 heteroatoms. The predicted molar refractivity (Wildman–Crippen MR) is 89.8 cm³/mol. The number of allylic oxidation sites excluding steroid dienone is 1. The van der Waals surface area contributed by atoms with E-state index in [1.807, 2.05) is 34.0 Å². The molecule has 0 saturated heterocycles. The van der Waals surface area contributed by atoms with Gasteiger partial charge in [0.2, 0.25) is 0 Å². The van der Waals surface area contributed by atoms with Crippen molar-refractivity contribution in [3.63, 3.8) is 0 Å².